The van der Waals surface area contributed by atoms with Crippen LogP contribution >= 0.6 is 27.5 Å². The maximum atomic E-state index is 13.1. The standard InChI is InChI=1S/C24H16BrClN2O4/c25-17-7-5-15(6-8-17)14-32-21-4-2-1-3-16(21)13-20-22(29)27-24(31)28(23(20)30)19-11-9-18(26)10-12-19/h1-13H,14H2,(H,27,29,31)/b20-13+. The summed E-state index contributed by atoms with van der Waals surface area (Å²) in [6, 6.07) is 20.1. The predicted molar refractivity (Wildman–Crippen MR) is 125 cm³/mol. The fraction of sp³-hybridized carbons (Fsp3) is 0.0417. The van der Waals surface area contributed by atoms with E-state index >= 15 is 0 Å². The normalized spacial score (nSPS) is 15.1. The molecule has 6 nitrogen and oxygen atoms in total. The van der Waals surface area contributed by atoms with Crippen molar-refractivity contribution in [1.82, 2.24) is 5.32 Å². The van der Waals surface area contributed by atoms with E-state index in [0.717, 1.165) is 14.9 Å². The summed E-state index contributed by atoms with van der Waals surface area (Å²) in [5, 5.41) is 2.67. The number of halogens is 2. The number of carbonyl (C=O) groups is 3. The van der Waals surface area contributed by atoms with Crippen molar-refractivity contribution in [3.8, 4) is 5.75 Å². The Labute approximate surface area is 197 Å². The molecule has 0 bridgehead atoms. The maximum absolute atomic E-state index is 13.1. The van der Waals surface area contributed by atoms with Gasteiger partial charge in [-0.05, 0) is 54.1 Å². The van der Waals surface area contributed by atoms with Crippen LogP contribution in [0.1, 0.15) is 11.1 Å². The summed E-state index contributed by atoms with van der Waals surface area (Å²) in [5.74, 6) is -1.00. The lowest BCUT2D eigenvalue weighted by atomic mass is 10.1. The first-order chi connectivity index (χ1) is 15.4. The van der Waals surface area contributed by atoms with Gasteiger partial charge in [0.05, 0.1) is 5.69 Å². The van der Waals surface area contributed by atoms with Crippen LogP contribution in [0.25, 0.3) is 6.08 Å². The molecule has 1 aliphatic heterocycles. The summed E-state index contributed by atoms with van der Waals surface area (Å²) >= 11 is 9.29. The number of barbiturate groups is 1. The van der Waals surface area contributed by atoms with Crippen molar-refractivity contribution in [2.24, 2.45) is 0 Å². The molecule has 32 heavy (non-hydrogen) atoms. The third-order valence-corrected chi connectivity index (χ3v) is 5.49. The summed E-state index contributed by atoms with van der Waals surface area (Å²) in [5.41, 5.74) is 1.62. The fourth-order valence-corrected chi connectivity index (χ4v) is 3.50. The number of ether oxygens (including phenoxy) is 1. The Balaban J connectivity index is 1.62. The number of benzene rings is 3. The van der Waals surface area contributed by atoms with Gasteiger partial charge < -0.3 is 4.74 Å². The van der Waals surface area contributed by atoms with Gasteiger partial charge in [0.15, 0.2) is 0 Å². The Morgan fingerprint density at radius 2 is 1.62 bits per heavy atom. The van der Waals surface area contributed by atoms with Crippen LogP contribution in [0.5, 0.6) is 5.75 Å². The average Bonchev–Trinajstić information content (AvgIpc) is 2.78. The van der Waals surface area contributed by atoms with Crippen LogP contribution in [0.3, 0.4) is 0 Å². The zero-order valence-corrected chi connectivity index (χ0v) is 18.9. The Hall–Kier alpha value is -3.42. The van der Waals surface area contributed by atoms with Gasteiger partial charge in [-0.2, -0.15) is 0 Å². The highest BCUT2D eigenvalue weighted by Gasteiger charge is 2.36. The molecule has 1 saturated heterocycles. The van der Waals surface area contributed by atoms with E-state index in [9.17, 15) is 14.4 Å². The number of nitrogens with zero attached hydrogens (tertiary/aromatic N) is 1. The van der Waals surface area contributed by atoms with Crippen molar-refractivity contribution < 1.29 is 19.1 Å². The molecule has 0 aromatic heterocycles. The molecule has 1 heterocycles. The van der Waals surface area contributed by atoms with E-state index in [-0.39, 0.29) is 5.57 Å². The van der Waals surface area contributed by atoms with Gasteiger partial charge in [-0.3, -0.25) is 14.9 Å². The van der Waals surface area contributed by atoms with Crippen molar-refractivity contribution in [3.05, 3.63) is 99.0 Å². The highest BCUT2D eigenvalue weighted by molar-refractivity contribution is 9.10. The SMILES string of the molecule is O=C1NC(=O)N(c2ccc(Cl)cc2)C(=O)/C1=C/c1ccccc1OCc1ccc(Br)cc1. The van der Waals surface area contributed by atoms with Gasteiger partial charge >= 0.3 is 6.03 Å². The summed E-state index contributed by atoms with van der Waals surface area (Å²) < 4.78 is 6.89. The molecule has 1 aliphatic rings. The van der Waals surface area contributed by atoms with Crippen LogP contribution in [-0.2, 0) is 16.2 Å². The molecule has 0 atom stereocenters. The van der Waals surface area contributed by atoms with E-state index < -0.39 is 17.8 Å². The number of hydrogen-bond acceptors (Lipinski definition) is 4. The van der Waals surface area contributed by atoms with Crippen LogP contribution in [0.2, 0.25) is 5.02 Å². The largest absolute Gasteiger partial charge is 0.488 e. The van der Waals surface area contributed by atoms with E-state index in [1.807, 2.05) is 24.3 Å². The second-order valence-electron chi connectivity index (χ2n) is 6.89. The lowest BCUT2D eigenvalue weighted by molar-refractivity contribution is -0.122. The highest BCUT2D eigenvalue weighted by Crippen LogP contribution is 2.27. The number of imide groups is 2. The minimum Gasteiger partial charge on any atom is -0.488 e. The molecular formula is C24H16BrClN2O4. The number of carbonyl (C=O) groups excluding carboxylic acids is 3. The first kappa shape index (κ1) is 21.8. The molecule has 4 rings (SSSR count). The van der Waals surface area contributed by atoms with Crippen LogP contribution in [0.4, 0.5) is 10.5 Å². The molecule has 0 radical (unpaired) electrons. The molecule has 8 heteroatoms. The summed E-state index contributed by atoms with van der Waals surface area (Å²) in [7, 11) is 0. The second kappa shape index (κ2) is 9.38. The van der Waals surface area contributed by atoms with Crippen molar-refractivity contribution in [1.29, 1.82) is 0 Å². The van der Waals surface area contributed by atoms with Gasteiger partial charge in [0, 0.05) is 15.1 Å². The number of para-hydroxylation sites is 1. The van der Waals surface area contributed by atoms with Crippen molar-refractivity contribution in [2.45, 2.75) is 6.61 Å². The van der Waals surface area contributed by atoms with Crippen LogP contribution in [0, 0.1) is 0 Å². The number of hydrogen-bond donors (Lipinski definition) is 1. The fourth-order valence-electron chi connectivity index (χ4n) is 3.11. The van der Waals surface area contributed by atoms with Gasteiger partial charge in [0.2, 0.25) is 0 Å². The van der Waals surface area contributed by atoms with Crippen LogP contribution in [0.15, 0.2) is 82.8 Å². The lowest BCUT2D eigenvalue weighted by Gasteiger charge is -2.26. The van der Waals surface area contributed by atoms with Crippen molar-refractivity contribution >= 4 is 57.1 Å². The third-order valence-electron chi connectivity index (χ3n) is 4.71. The summed E-state index contributed by atoms with van der Waals surface area (Å²) in [4.78, 5) is 38.7. The Bertz CT molecular complexity index is 1220. The number of anilines is 1. The average molecular weight is 512 g/mol. The van der Waals surface area contributed by atoms with Gasteiger partial charge in [-0.15, -0.1) is 0 Å². The summed E-state index contributed by atoms with van der Waals surface area (Å²) in [6.45, 7) is 0.309. The minimum atomic E-state index is -0.820. The van der Waals surface area contributed by atoms with Crippen molar-refractivity contribution in [3.63, 3.8) is 0 Å². The zero-order chi connectivity index (χ0) is 22.7. The molecule has 3 aromatic rings. The molecule has 0 aliphatic carbocycles. The molecule has 1 N–H and O–H groups in total. The monoisotopic (exact) mass is 510 g/mol. The molecule has 1 fully saturated rings. The van der Waals surface area contributed by atoms with E-state index in [2.05, 4.69) is 21.2 Å². The molecule has 0 saturated carbocycles. The number of rotatable bonds is 5. The minimum absolute atomic E-state index is 0.181. The molecule has 0 spiro atoms. The number of nitrogens with one attached hydrogen (secondary N) is 1. The zero-order valence-electron chi connectivity index (χ0n) is 16.5. The van der Waals surface area contributed by atoms with Gasteiger partial charge in [0.25, 0.3) is 11.8 Å². The summed E-state index contributed by atoms with van der Waals surface area (Å²) in [6.07, 6.45) is 1.42. The van der Waals surface area contributed by atoms with Crippen LogP contribution in [-0.4, -0.2) is 17.8 Å². The third kappa shape index (κ3) is 4.74. The molecule has 0 unspecified atom stereocenters. The van der Waals surface area contributed by atoms with E-state index in [1.165, 1.54) is 18.2 Å². The highest BCUT2D eigenvalue weighted by atomic mass is 79.9. The Kier molecular flexibility index (Phi) is 6.39. The Morgan fingerprint density at radius 1 is 0.938 bits per heavy atom. The molecule has 160 valence electrons. The van der Waals surface area contributed by atoms with Gasteiger partial charge in [-0.25, -0.2) is 9.69 Å². The maximum Gasteiger partial charge on any atom is 0.335 e. The van der Waals surface area contributed by atoms with E-state index in [4.69, 9.17) is 16.3 Å². The van der Waals surface area contributed by atoms with Crippen LogP contribution < -0.4 is 15.0 Å². The molecular weight excluding hydrogens is 496 g/mol. The second-order valence-corrected chi connectivity index (χ2v) is 8.24. The predicted octanol–water partition coefficient (Wildman–Crippen LogP) is 5.35. The first-order valence-electron chi connectivity index (χ1n) is 9.55. The molecule has 4 amide bonds. The smallest absolute Gasteiger partial charge is 0.335 e. The first-order valence-corrected chi connectivity index (χ1v) is 10.7. The van der Waals surface area contributed by atoms with Crippen molar-refractivity contribution in [2.75, 3.05) is 4.90 Å². The molecule has 3 aromatic carbocycles. The van der Waals surface area contributed by atoms with Gasteiger partial charge in [0.1, 0.15) is 17.9 Å². The topological polar surface area (TPSA) is 75.7 Å². The number of urea groups is 1. The van der Waals surface area contributed by atoms with E-state index in [0.29, 0.717) is 28.6 Å². The quantitative estimate of drug-likeness (QED) is 0.370. The van der Waals surface area contributed by atoms with Gasteiger partial charge in [-0.1, -0.05) is 57.9 Å². The lowest BCUT2D eigenvalue weighted by Crippen LogP contribution is -2.54. The number of amides is 4. The van der Waals surface area contributed by atoms with E-state index in [1.54, 1.807) is 36.4 Å². The Morgan fingerprint density at radius 3 is 2.34 bits per heavy atom.